The van der Waals surface area contributed by atoms with Crippen molar-refractivity contribution in [3.05, 3.63) is 60.2 Å². The fraction of sp³-hybridized carbons (Fsp3) is 0.385. The number of aromatic nitrogens is 1. The zero-order valence-electron chi connectivity index (χ0n) is 18.4. The molecule has 31 heavy (non-hydrogen) atoms. The standard InChI is InChI=1S/C26H31N3O2/c1-27-16-18-11-13-19(14-12-18)17-28-26(30)22-15-24(21-8-4-6-10-25(21)31-2)29-23-9-5-3-7-20(22)23/h3-10,15,18-19,27H,11-14,16-17H2,1-2H3,(H,28,30)/t18-,19-. The van der Waals surface area contributed by atoms with Crippen LogP contribution in [-0.2, 0) is 0 Å². The van der Waals surface area contributed by atoms with Gasteiger partial charge in [-0.25, -0.2) is 4.98 Å². The monoisotopic (exact) mass is 417 g/mol. The van der Waals surface area contributed by atoms with Crippen molar-refractivity contribution in [1.82, 2.24) is 15.6 Å². The largest absolute Gasteiger partial charge is 0.496 e. The van der Waals surface area contributed by atoms with Gasteiger partial charge in [0, 0.05) is 17.5 Å². The van der Waals surface area contributed by atoms with E-state index in [0.29, 0.717) is 11.5 Å². The van der Waals surface area contributed by atoms with E-state index in [-0.39, 0.29) is 5.91 Å². The van der Waals surface area contributed by atoms with Crippen molar-refractivity contribution >= 4 is 16.8 Å². The van der Waals surface area contributed by atoms with Gasteiger partial charge >= 0.3 is 0 Å². The first kappa shape index (κ1) is 21.3. The number of para-hydroxylation sites is 2. The minimum absolute atomic E-state index is 0.0351. The molecule has 0 unspecified atom stereocenters. The fourth-order valence-corrected chi connectivity index (χ4v) is 4.62. The molecule has 0 saturated heterocycles. The topological polar surface area (TPSA) is 63.2 Å². The molecule has 1 heterocycles. The van der Waals surface area contributed by atoms with E-state index < -0.39 is 0 Å². The number of pyridine rings is 1. The summed E-state index contributed by atoms with van der Waals surface area (Å²) in [5.41, 5.74) is 3.10. The highest BCUT2D eigenvalue weighted by molar-refractivity contribution is 6.07. The van der Waals surface area contributed by atoms with Crippen LogP contribution in [0.25, 0.3) is 22.2 Å². The number of methoxy groups -OCH3 is 1. The Hall–Kier alpha value is -2.92. The van der Waals surface area contributed by atoms with Gasteiger partial charge in [-0.1, -0.05) is 30.3 Å². The maximum absolute atomic E-state index is 13.2. The van der Waals surface area contributed by atoms with Crippen LogP contribution >= 0.6 is 0 Å². The van der Waals surface area contributed by atoms with Gasteiger partial charge in [0.05, 0.1) is 23.9 Å². The van der Waals surface area contributed by atoms with Gasteiger partial charge in [0.25, 0.3) is 5.91 Å². The van der Waals surface area contributed by atoms with Crippen molar-refractivity contribution in [1.29, 1.82) is 0 Å². The first-order valence-electron chi connectivity index (χ1n) is 11.2. The fourth-order valence-electron chi connectivity index (χ4n) is 4.62. The number of nitrogens with zero attached hydrogens (tertiary/aromatic N) is 1. The Morgan fingerprint density at radius 1 is 1.00 bits per heavy atom. The summed E-state index contributed by atoms with van der Waals surface area (Å²) in [7, 11) is 3.67. The molecule has 1 aromatic heterocycles. The Kier molecular flexibility index (Phi) is 6.82. The predicted octanol–water partition coefficient (Wildman–Crippen LogP) is 4.67. The third-order valence-electron chi connectivity index (χ3n) is 6.35. The number of carbonyl (C=O) groups is 1. The van der Waals surface area contributed by atoms with Crippen LogP contribution in [0.1, 0.15) is 36.0 Å². The van der Waals surface area contributed by atoms with Crippen molar-refractivity contribution < 1.29 is 9.53 Å². The van der Waals surface area contributed by atoms with Gasteiger partial charge in [0.15, 0.2) is 0 Å². The SMILES string of the molecule is CNC[C@H]1CC[C@H](CNC(=O)c2cc(-c3ccccc3OC)nc3ccccc23)CC1. The maximum atomic E-state index is 13.2. The van der Waals surface area contributed by atoms with E-state index in [4.69, 9.17) is 9.72 Å². The Bertz CT molecular complexity index is 1040. The summed E-state index contributed by atoms with van der Waals surface area (Å²) in [5.74, 6) is 2.03. The van der Waals surface area contributed by atoms with E-state index in [1.807, 2.05) is 61.6 Å². The highest BCUT2D eigenvalue weighted by Crippen LogP contribution is 2.32. The summed E-state index contributed by atoms with van der Waals surface area (Å²) >= 11 is 0. The van der Waals surface area contributed by atoms with Crippen LogP contribution in [0.5, 0.6) is 5.75 Å². The van der Waals surface area contributed by atoms with E-state index in [1.54, 1.807) is 7.11 Å². The van der Waals surface area contributed by atoms with E-state index in [2.05, 4.69) is 10.6 Å². The number of amides is 1. The molecule has 0 radical (unpaired) electrons. The maximum Gasteiger partial charge on any atom is 0.252 e. The van der Waals surface area contributed by atoms with Gasteiger partial charge in [-0.05, 0) is 75.4 Å². The zero-order chi connectivity index (χ0) is 21.6. The lowest BCUT2D eigenvalue weighted by Gasteiger charge is -2.28. The Labute approximate surface area is 184 Å². The normalized spacial score (nSPS) is 18.6. The number of hydrogen-bond acceptors (Lipinski definition) is 4. The van der Waals surface area contributed by atoms with Crippen LogP contribution in [0.3, 0.4) is 0 Å². The molecule has 3 aromatic rings. The highest BCUT2D eigenvalue weighted by Gasteiger charge is 2.22. The Morgan fingerprint density at radius 3 is 2.42 bits per heavy atom. The average molecular weight is 418 g/mol. The van der Waals surface area contributed by atoms with Crippen LogP contribution in [0, 0.1) is 11.8 Å². The van der Waals surface area contributed by atoms with Crippen molar-refractivity contribution in [2.24, 2.45) is 11.8 Å². The molecule has 1 fully saturated rings. The molecule has 2 aromatic carbocycles. The minimum Gasteiger partial charge on any atom is -0.496 e. The molecule has 1 aliphatic carbocycles. The van der Waals surface area contributed by atoms with Crippen molar-refractivity contribution in [3.8, 4) is 17.0 Å². The van der Waals surface area contributed by atoms with Crippen LogP contribution in [-0.4, -0.2) is 38.1 Å². The third kappa shape index (κ3) is 4.88. The van der Waals surface area contributed by atoms with Crippen LogP contribution in [0.15, 0.2) is 54.6 Å². The summed E-state index contributed by atoms with van der Waals surface area (Å²) < 4.78 is 5.52. The average Bonchev–Trinajstić information content (AvgIpc) is 2.83. The molecule has 1 amide bonds. The summed E-state index contributed by atoms with van der Waals surface area (Å²) in [5, 5.41) is 7.36. The molecule has 2 N–H and O–H groups in total. The molecular weight excluding hydrogens is 386 g/mol. The molecule has 5 heteroatoms. The number of rotatable bonds is 7. The highest BCUT2D eigenvalue weighted by atomic mass is 16.5. The lowest BCUT2D eigenvalue weighted by atomic mass is 9.82. The van der Waals surface area contributed by atoms with Gasteiger partial charge in [0.1, 0.15) is 5.75 Å². The van der Waals surface area contributed by atoms with Crippen LogP contribution in [0.4, 0.5) is 0 Å². The Morgan fingerprint density at radius 2 is 1.68 bits per heavy atom. The van der Waals surface area contributed by atoms with E-state index >= 15 is 0 Å². The van der Waals surface area contributed by atoms with Crippen LogP contribution in [0.2, 0.25) is 0 Å². The number of benzene rings is 2. The molecule has 5 nitrogen and oxygen atoms in total. The number of nitrogens with one attached hydrogen (secondary N) is 2. The number of fused-ring (bicyclic) bond motifs is 1. The lowest BCUT2D eigenvalue weighted by molar-refractivity contribution is 0.0943. The summed E-state index contributed by atoms with van der Waals surface area (Å²) in [6, 6.07) is 17.5. The van der Waals surface area contributed by atoms with Gasteiger partial charge < -0.3 is 15.4 Å². The van der Waals surface area contributed by atoms with Gasteiger partial charge in [0.2, 0.25) is 0 Å². The smallest absolute Gasteiger partial charge is 0.252 e. The summed E-state index contributed by atoms with van der Waals surface area (Å²) in [6.07, 6.45) is 4.82. The first-order valence-corrected chi connectivity index (χ1v) is 11.2. The van der Waals surface area contributed by atoms with Crippen LogP contribution < -0.4 is 15.4 Å². The lowest BCUT2D eigenvalue weighted by Crippen LogP contribution is -2.32. The zero-order valence-corrected chi connectivity index (χ0v) is 18.4. The summed E-state index contributed by atoms with van der Waals surface area (Å²) in [4.78, 5) is 18.0. The minimum atomic E-state index is -0.0351. The van der Waals surface area contributed by atoms with E-state index in [1.165, 1.54) is 25.7 Å². The molecule has 0 atom stereocenters. The molecule has 0 aliphatic heterocycles. The molecule has 1 saturated carbocycles. The number of hydrogen-bond donors (Lipinski definition) is 2. The van der Waals surface area contributed by atoms with Gasteiger partial charge in [-0.3, -0.25) is 4.79 Å². The molecule has 0 spiro atoms. The van der Waals surface area contributed by atoms with Gasteiger partial charge in [-0.2, -0.15) is 0 Å². The number of ether oxygens (including phenoxy) is 1. The molecular formula is C26H31N3O2. The predicted molar refractivity (Wildman–Crippen MR) is 125 cm³/mol. The summed E-state index contributed by atoms with van der Waals surface area (Å²) in [6.45, 7) is 1.82. The first-order chi connectivity index (χ1) is 15.2. The second-order valence-electron chi connectivity index (χ2n) is 8.43. The Balaban J connectivity index is 1.56. The van der Waals surface area contributed by atoms with E-state index in [9.17, 15) is 4.79 Å². The second kappa shape index (κ2) is 9.92. The molecule has 0 bridgehead atoms. The van der Waals surface area contributed by atoms with Crippen molar-refractivity contribution in [2.45, 2.75) is 25.7 Å². The van der Waals surface area contributed by atoms with Gasteiger partial charge in [-0.15, -0.1) is 0 Å². The quantitative estimate of drug-likeness (QED) is 0.587. The van der Waals surface area contributed by atoms with Crippen molar-refractivity contribution in [3.63, 3.8) is 0 Å². The molecule has 162 valence electrons. The molecule has 1 aliphatic rings. The second-order valence-corrected chi connectivity index (χ2v) is 8.43. The number of carbonyl (C=O) groups excluding carboxylic acids is 1. The molecule has 4 rings (SSSR count). The van der Waals surface area contributed by atoms with Crippen molar-refractivity contribution in [2.75, 3.05) is 27.2 Å². The third-order valence-corrected chi connectivity index (χ3v) is 6.35. The van der Waals surface area contributed by atoms with E-state index in [0.717, 1.165) is 46.9 Å².